The third kappa shape index (κ3) is 3.82. The first-order valence-corrected chi connectivity index (χ1v) is 10.4. The van der Waals surface area contributed by atoms with E-state index in [1.165, 1.54) is 12.1 Å². The topological polar surface area (TPSA) is 41.4 Å². The molecule has 164 valence electrons. The number of aryl methyl sites for hydroxylation is 1. The van der Waals surface area contributed by atoms with Crippen LogP contribution < -0.4 is 4.90 Å². The lowest BCUT2D eigenvalue weighted by molar-refractivity contribution is 0.0749. The van der Waals surface area contributed by atoms with Crippen molar-refractivity contribution in [3.63, 3.8) is 0 Å². The minimum atomic E-state index is -0.341. The number of fused-ring (bicyclic) bond motifs is 1. The predicted molar refractivity (Wildman–Crippen MR) is 128 cm³/mol. The molecule has 0 aliphatic carbocycles. The molecule has 32 heavy (non-hydrogen) atoms. The molecule has 1 saturated heterocycles. The smallest absolute Gasteiger partial charge is 0.256 e. The second kappa shape index (κ2) is 9.01. The Hall–Kier alpha value is -3.38. The Balaban J connectivity index is 0.00000245. The van der Waals surface area contributed by atoms with Crippen LogP contribution in [0.4, 0.5) is 10.2 Å². The normalized spacial score (nSPS) is 13.8. The van der Waals surface area contributed by atoms with Crippen LogP contribution in [0.25, 0.3) is 22.2 Å². The number of pyridine rings is 1. The number of halogens is 2. The maximum Gasteiger partial charge on any atom is 0.256 e. The van der Waals surface area contributed by atoms with Gasteiger partial charge in [0.25, 0.3) is 5.91 Å². The number of piperazine rings is 1. The van der Waals surface area contributed by atoms with E-state index in [0.717, 1.165) is 22.6 Å². The SMILES string of the molecule is Cl.Cn1c(-c2ccccc2)c(C(=O)N2CCN(c3ccccn3)CC2)c2cc(F)ccc21. The van der Waals surface area contributed by atoms with Gasteiger partial charge in [0.05, 0.1) is 11.3 Å². The number of aromatic nitrogens is 2. The number of hydrogen-bond donors (Lipinski definition) is 0. The summed E-state index contributed by atoms with van der Waals surface area (Å²) < 4.78 is 16.1. The van der Waals surface area contributed by atoms with Gasteiger partial charge < -0.3 is 14.4 Å². The second-order valence-electron chi connectivity index (χ2n) is 7.78. The van der Waals surface area contributed by atoms with Crippen molar-refractivity contribution in [2.45, 2.75) is 0 Å². The van der Waals surface area contributed by atoms with Crippen LogP contribution in [-0.4, -0.2) is 46.5 Å². The zero-order chi connectivity index (χ0) is 21.4. The summed E-state index contributed by atoms with van der Waals surface area (Å²) in [4.78, 5) is 22.2. The Bertz CT molecular complexity index is 1240. The molecule has 0 bridgehead atoms. The number of rotatable bonds is 3. The average molecular weight is 451 g/mol. The van der Waals surface area contributed by atoms with Crippen molar-refractivity contribution in [2.24, 2.45) is 7.05 Å². The zero-order valence-corrected chi connectivity index (χ0v) is 18.6. The molecule has 1 amide bonds. The Kier molecular flexibility index (Phi) is 6.15. The van der Waals surface area contributed by atoms with E-state index < -0.39 is 0 Å². The fourth-order valence-corrected chi connectivity index (χ4v) is 4.40. The number of hydrogen-bond acceptors (Lipinski definition) is 3. The number of benzene rings is 2. The van der Waals surface area contributed by atoms with Crippen molar-refractivity contribution in [2.75, 3.05) is 31.1 Å². The second-order valence-corrected chi connectivity index (χ2v) is 7.78. The maximum absolute atomic E-state index is 14.2. The third-order valence-corrected chi connectivity index (χ3v) is 5.96. The first kappa shape index (κ1) is 21.8. The highest BCUT2D eigenvalue weighted by Crippen LogP contribution is 2.34. The highest BCUT2D eigenvalue weighted by Gasteiger charge is 2.29. The lowest BCUT2D eigenvalue weighted by atomic mass is 10.0. The van der Waals surface area contributed by atoms with Crippen molar-refractivity contribution in [1.29, 1.82) is 0 Å². The van der Waals surface area contributed by atoms with E-state index in [9.17, 15) is 9.18 Å². The van der Waals surface area contributed by atoms with E-state index in [4.69, 9.17) is 0 Å². The van der Waals surface area contributed by atoms with Gasteiger partial charge in [-0.3, -0.25) is 4.79 Å². The molecular weight excluding hydrogens is 427 g/mol. The summed E-state index contributed by atoms with van der Waals surface area (Å²) in [5.41, 5.74) is 3.17. The molecule has 0 radical (unpaired) electrons. The van der Waals surface area contributed by atoms with Crippen molar-refractivity contribution in [3.05, 3.63) is 84.3 Å². The van der Waals surface area contributed by atoms with Gasteiger partial charge in [0.15, 0.2) is 0 Å². The van der Waals surface area contributed by atoms with Gasteiger partial charge in [-0.15, -0.1) is 12.4 Å². The van der Waals surface area contributed by atoms with Gasteiger partial charge in [0, 0.05) is 50.3 Å². The summed E-state index contributed by atoms with van der Waals surface area (Å²) >= 11 is 0. The van der Waals surface area contributed by atoms with Gasteiger partial charge in [-0.05, 0) is 35.9 Å². The molecule has 2 aromatic heterocycles. The van der Waals surface area contributed by atoms with Gasteiger partial charge in [0.2, 0.25) is 0 Å². The Morgan fingerprint density at radius 3 is 2.34 bits per heavy atom. The Morgan fingerprint density at radius 2 is 1.66 bits per heavy atom. The molecule has 5 nitrogen and oxygen atoms in total. The fraction of sp³-hybridized carbons (Fsp3) is 0.200. The first-order chi connectivity index (χ1) is 15.1. The minimum absolute atomic E-state index is 0. The Morgan fingerprint density at radius 1 is 0.938 bits per heavy atom. The highest BCUT2D eigenvalue weighted by atomic mass is 35.5. The predicted octanol–water partition coefficient (Wildman–Crippen LogP) is 4.76. The van der Waals surface area contributed by atoms with Gasteiger partial charge in [-0.1, -0.05) is 36.4 Å². The van der Waals surface area contributed by atoms with Gasteiger partial charge in [-0.25, -0.2) is 9.37 Å². The summed E-state index contributed by atoms with van der Waals surface area (Å²) in [5.74, 6) is 0.522. The molecule has 1 aliphatic heterocycles. The van der Waals surface area contributed by atoms with Crippen molar-refractivity contribution < 1.29 is 9.18 Å². The summed E-state index contributed by atoms with van der Waals surface area (Å²) in [6.07, 6.45) is 1.78. The number of amides is 1. The zero-order valence-electron chi connectivity index (χ0n) is 17.7. The van der Waals surface area contributed by atoms with E-state index in [-0.39, 0.29) is 24.1 Å². The van der Waals surface area contributed by atoms with E-state index >= 15 is 0 Å². The standard InChI is InChI=1S/C25H23FN4O.ClH/c1-28-21-11-10-19(26)17-20(21)23(24(28)18-7-3-2-4-8-18)25(31)30-15-13-29(14-16-30)22-9-5-6-12-27-22;/h2-12,17H,13-16H2,1H3;1H. The molecule has 5 rings (SSSR count). The van der Waals surface area contributed by atoms with E-state index in [1.807, 2.05) is 65.0 Å². The quantitative estimate of drug-likeness (QED) is 0.451. The minimum Gasteiger partial charge on any atom is -0.353 e. The fourth-order valence-electron chi connectivity index (χ4n) is 4.40. The molecule has 1 aliphatic rings. The van der Waals surface area contributed by atoms with Gasteiger partial charge in [-0.2, -0.15) is 0 Å². The third-order valence-electron chi connectivity index (χ3n) is 5.96. The number of carbonyl (C=O) groups excluding carboxylic acids is 1. The van der Waals surface area contributed by atoms with Gasteiger partial charge >= 0.3 is 0 Å². The summed E-state index contributed by atoms with van der Waals surface area (Å²) in [7, 11) is 1.93. The monoisotopic (exact) mass is 450 g/mol. The average Bonchev–Trinajstić information content (AvgIpc) is 3.11. The summed E-state index contributed by atoms with van der Waals surface area (Å²) in [6.45, 7) is 2.61. The van der Waals surface area contributed by atoms with Crippen LogP contribution in [-0.2, 0) is 7.05 Å². The van der Waals surface area contributed by atoms with Crippen molar-refractivity contribution in [1.82, 2.24) is 14.5 Å². The molecule has 0 atom stereocenters. The highest BCUT2D eigenvalue weighted by molar-refractivity contribution is 6.12. The molecule has 0 spiro atoms. The van der Waals surface area contributed by atoms with E-state index in [2.05, 4.69) is 9.88 Å². The molecule has 3 heterocycles. The lowest BCUT2D eigenvalue weighted by Crippen LogP contribution is -2.49. The molecule has 0 N–H and O–H groups in total. The molecule has 0 unspecified atom stereocenters. The number of nitrogens with zero attached hydrogens (tertiary/aromatic N) is 4. The molecule has 1 fully saturated rings. The lowest BCUT2D eigenvalue weighted by Gasteiger charge is -2.35. The van der Waals surface area contributed by atoms with E-state index in [1.54, 1.807) is 12.3 Å². The summed E-state index contributed by atoms with van der Waals surface area (Å²) in [5, 5.41) is 0.651. The maximum atomic E-state index is 14.2. The molecule has 0 saturated carbocycles. The molecular formula is C25H24ClFN4O. The molecule has 2 aromatic carbocycles. The van der Waals surface area contributed by atoms with Crippen LogP contribution in [0.15, 0.2) is 72.9 Å². The van der Waals surface area contributed by atoms with Gasteiger partial charge in [0.1, 0.15) is 11.6 Å². The van der Waals surface area contributed by atoms with Crippen LogP contribution in [0.2, 0.25) is 0 Å². The number of carbonyl (C=O) groups is 1. The van der Waals surface area contributed by atoms with Crippen molar-refractivity contribution in [3.8, 4) is 11.3 Å². The van der Waals surface area contributed by atoms with E-state index in [0.29, 0.717) is 37.1 Å². The van der Waals surface area contributed by atoms with Crippen molar-refractivity contribution >= 4 is 35.0 Å². The van der Waals surface area contributed by atoms with Crippen LogP contribution in [0, 0.1) is 5.82 Å². The molecule has 7 heteroatoms. The Labute approximate surface area is 192 Å². The summed E-state index contributed by atoms with van der Waals surface area (Å²) in [6, 6.07) is 20.3. The molecule has 4 aromatic rings. The van der Waals surface area contributed by atoms with Crippen LogP contribution >= 0.6 is 12.4 Å². The van der Waals surface area contributed by atoms with Crippen LogP contribution in [0.1, 0.15) is 10.4 Å². The largest absolute Gasteiger partial charge is 0.353 e. The number of anilines is 1. The first-order valence-electron chi connectivity index (χ1n) is 10.4. The van der Waals surface area contributed by atoms with Crippen LogP contribution in [0.5, 0.6) is 0 Å². The van der Waals surface area contributed by atoms with Crippen LogP contribution in [0.3, 0.4) is 0 Å².